The summed E-state index contributed by atoms with van der Waals surface area (Å²) in [7, 11) is 3.73. The van der Waals surface area contributed by atoms with Crippen LogP contribution in [-0.2, 0) is 40.0 Å². The summed E-state index contributed by atoms with van der Waals surface area (Å²) in [5.41, 5.74) is 7.37. The Hall–Kier alpha value is -4.03. The van der Waals surface area contributed by atoms with Crippen molar-refractivity contribution < 1.29 is 14.7 Å². The lowest BCUT2D eigenvalue weighted by Crippen LogP contribution is -2.36. The van der Waals surface area contributed by atoms with Crippen LogP contribution in [0.15, 0.2) is 36.4 Å². The largest absolute Gasteiger partial charge is 0.392 e. The maximum absolute atomic E-state index is 13.4. The maximum atomic E-state index is 13.4. The number of β-amino-alcohol motifs (C(OH)–C–C–N with tert-alkyl or cyclic N) is 1. The van der Waals surface area contributed by atoms with Crippen molar-refractivity contribution >= 4 is 34.8 Å². The van der Waals surface area contributed by atoms with Gasteiger partial charge in [-0.15, -0.1) is 0 Å². The highest BCUT2D eigenvalue weighted by Gasteiger charge is 2.27. The molecule has 44 heavy (non-hydrogen) atoms. The first-order valence-corrected chi connectivity index (χ1v) is 15.2. The Morgan fingerprint density at radius 2 is 1.57 bits per heavy atom. The van der Waals surface area contributed by atoms with Crippen molar-refractivity contribution in [3.8, 4) is 11.1 Å². The van der Waals surface area contributed by atoms with Gasteiger partial charge in [-0.1, -0.05) is 35.9 Å². The Bertz CT molecular complexity index is 1760. The van der Waals surface area contributed by atoms with Crippen molar-refractivity contribution in [2.24, 2.45) is 14.1 Å². The normalized spacial score (nSPS) is 15.4. The van der Waals surface area contributed by atoms with Crippen LogP contribution in [0.3, 0.4) is 0 Å². The van der Waals surface area contributed by atoms with E-state index in [1.54, 1.807) is 13.0 Å². The molecule has 4 heterocycles. The van der Waals surface area contributed by atoms with E-state index in [2.05, 4.69) is 30.8 Å². The van der Waals surface area contributed by atoms with Gasteiger partial charge in [-0.05, 0) is 37.1 Å². The Morgan fingerprint density at radius 3 is 2.25 bits per heavy atom. The van der Waals surface area contributed by atoms with Gasteiger partial charge >= 0.3 is 0 Å². The number of fused-ring (bicyclic) bond motifs is 2. The molecule has 230 valence electrons. The van der Waals surface area contributed by atoms with E-state index in [-0.39, 0.29) is 11.8 Å². The monoisotopic (exact) mass is 616 g/mol. The number of amides is 2. The number of aliphatic hydroxyl groups excluding tert-OH is 1. The van der Waals surface area contributed by atoms with Crippen LogP contribution in [-0.4, -0.2) is 66.7 Å². The van der Waals surface area contributed by atoms with Gasteiger partial charge in [0.25, 0.3) is 11.8 Å². The summed E-state index contributed by atoms with van der Waals surface area (Å²) < 4.78 is 3.71. The summed E-state index contributed by atoms with van der Waals surface area (Å²) >= 11 is 6.91. The van der Waals surface area contributed by atoms with E-state index in [1.807, 2.05) is 60.5 Å². The van der Waals surface area contributed by atoms with Crippen LogP contribution in [0.1, 0.15) is 56.5 Å². The highest BCUT2D eigenvalue weighted by molar-refractivity contribution is 6.36. The second-order valence-corrected chi connectivity index (χ2v) is 12.0. The van der Waals surface area contributed by atoms with Crippen molar-refractivity contribution in [2.75, 3.05) is 30.3 Å². The Balaban J connectivity index is 1.22. The van der Waals surface area contributed by atoms with Gasteiger partial charge in [0.15, 0.2) is 11.6 Å². The number of benzene rings is 2. The summed E-state index contributed by atoms with van der Waals surface area (Å²) in [6.07, 6.45) is 1.15. The SMILES string of the molecule is Cc1c(NC(=O)c2nc3c(n2C)CCNC3)cccc1-c1cccc(NC(=O)c2nc3c(n2C)CCN(C[C@H](C)O)C3)c1Cl. The van der Waals surface area contributed by atoms with Crippen LogP contribution in [0, 0.1) is 6.92 Å². The standard InChI is InChI=1S/C32H37ClN8O3/c1-18(42)16-41-14-12-27-25(17-41)36-30(40(27)4)32(44)38-23-10-6-8-21(28(23)33)20-7-5-9-22(19(20)2)37-31(43)29-35-24-15-34-13-11-26(24)39(29)3/h5-10,18,34,42H,11-17H2,1-4H3,(H,37,43)(H,38,44)/t18-/m0/s1. The van der Waals surface area contributed by atoms with Crippen molar-refractivity contribution in [1.29, 1.82) is 0 Å². The molecular weight excluding hydrogens is 580 g/mol. The average molecular weight is 617 g/mol. The van der Waals surface area contributed by atoms with Gasteiger partial charge in [0.1, 0.15) is 0 Å². The summed E-state index contributed by atoms with van der Waals surface area (Å²) in [6.45, 7) is 7.16. The van der Waals surface area contributed by atoms with E-state index in [4.69, 9.17) is 11.6 Å². The molecule has 11 nitrogen and oxygen atoms in total. The molecule has 2 aromatic heterocycles. The Morgan fingerprint density at radius 1 is 0.955 bits per heavy atom. The van der Waals surface area contributed by atoms with Crippen molar-refractivity contribution in [1.82, 2.24) is 29.3 Å². The summed E-state index contributed by atoms with van der Waals surface area (Å²) in [5.74, 6) is 0.0515. The molecule has 1 atom stereocenters. The summed E-state index contributed by atoms with van der Waals surface area (Å²) in [6, 6.07) is 11.1. The molecule has 0 aliphatic carbocycles. The van der Waals surface area contributed by atoms with Gasteiger partial charge in [-0.2, -0.15) is 0 Å². The highest BCUT2D eigenvalue weighted by atomic mass is 35.5. The first kappa shape index (κ1) is 30.0. The molecule has 2 aliphatic heterocycles. The molecule has 6 rings (SSSR count). The first-order chi connectivity index (χ1) is 21.1. The predicted octanol–water partition coefficient (Wildman–Crippen LogP) is 3.67. The molecule has 12 heteroatoms. The number of rotatable bonds is 7. The van der Waals surface area contributed by atoms with Gasteiger partial charge in [0.05, 0.1) is 28.2 Å². The number of imidazole rings is 2. The van der Waals surface area contributed by atoms with Gasteiger partial charge in [0.2, 0.25) is 0 Å². The predicted molar refractivity (Wildman–Crippen MR) is 170 cm³/mol. The lowest BCUT2D eigenvalue weighted by molar-refractivity contribution is 0.100. The van der Waals surface area contributed by atoms with Crippen LogP contribution in [0.5, 0.6) is 0 Å². The topological polar surface area (TPSA) is 129 Å². The van der Waals surface area contributed by atoms with Crippen LogP contribution in [0.4, 0.5) is 11.4 Å². The number of aromatic nitrogens is 4. The third-order valence-corrected chi connectivity index (χ3v) is 8.92. The van der Waals surface area contributed by atoms with E-state index in [1.165, 1.54) is 0 Å². The second-order valence-electron chi connectivity index (χ2n) is 11.6. The Labute approximate surface area is 261 Å². The van der Waals surface area contributed by atoms with Crippen LogP contribution in [0.25, 0.3) is 11.1 Å². The van der Waals surface area contributed by atoms with E-state index >= 15 is 0 Å². The van der Waals surface area contributed by atoms with Gasteiger partial charge < -0.3 is 30.2 Å². The minimum atomic E-state index is -0.429. The molecule has 0 bridgehead atoms. The van der Waals surface area contributed by atoms with Gasteiger partial charge in [0, 0.05) is 82.3 Å². The molecule has 0 saturated heterocycles. The maximum Gasteiger partial charge on any atom is 0.291 e. The van der Waals surface area contributed by atoms with E-state index in [0.717, 1.165) is 65.4 Å². The van der Waals surface area contributed by atoms with Crippen LogP contribution >= 0.6 is 11.6 Å². The number of hydrogen-bond donors (Lipinski definition) is 4. The molecule has 4 N–H and O–H groups in total. The smallest absolute Gasteiger partial charge is 0.291 e. The quantitative estimate of drug-likeness (QED) is 0.249. The average Bonchev–Trinajstić information content (AvgIpc) is 3.51. The van der Waals surface area contributed by atoms with Crippen molar-refractivity contribution in [2.45, 2.75) is 45.9 Å². The molecule has 0 radical (unpaired) electrons. The van der Waals surface area contributed by atoms with Crippen LogP contribution < -0.4 is 16.0 Å². The lowest BCUT2D eigenvalue weighted by Gasteiger charge is -2.27. The third-order valence-electron chi connectivity index (χ3n) is 8.51. The number of nitrogens with one attached hydrogen (secondary N) is 3. The molecule has 0 spiro atoms. The first-order valence-electron chi connectivity index (χ1n) is 14.8. The zero-order valence-corrected chi connectivity index (χ0v) is 26.1. The fraction of sp³-hybridized carbons (Fsp3) is 0.375. The third kappa shape index (κ3) is 5.63. The van der Waals surface area contributed by atoms with E-state index in [9.17, 15) is 14.7 Å². The zero-order chi connectivity index (χ0) is 31.1. The molecule has 4 aromatic rings. The molecule has 2 aromatic carbocycles. The number of halogens is 1. The molecule has 0 unspecified atom stereocenters. The summed E-state index contributed by atoms with van der Waals surface area (Å²) in [5, 5.41) is 19.5. The number of carbonyl (C=O) groups is 2. The fourth-order valence-electron chi connectivity index (χ4n) is 6.23. The van der Waals surface area contributed by atoms with E-state index < -0.39 is 6.10 Å². The number of hydrogen-bond acceptors (Lipinski definition) is 7. The number of carbonyl (C=O) groups excluding carboxylic acids is 2. The zero-order valence-electron chi connectivity index (χ0n) is 25.4. The molecule has 0 fully saturated rings. The molecule has 2 amide bonds. The summed E-state index contributed by atoms with van der Waals surface area (Å²) in [4.78, 5) is 38.1. The van der Waals surface area contributed by atoms with E-state index in [0.29, 0.717) is 47.7 Å². The van der Waals surface area contributed by atoms with Gasteiger partial charge in [-0.3, -0.25) is 14.5 Å². The molecule has 0 saturated carbocycles. The fourth-order valence-corrected chi connectivity index (χ4v) is 6.50. The van der Waals surface area contributed by atoms with Crippen molar-refractivity contribution in [3.63, 3.8) is 0 Å². The number of anilines is 2. The number of aliphatic hydroxyl groups is 1. The molecule has 2 aliphatic rings. The molecular formula is C32H37ClN8O3. The van der Waals surface area contributed by atoms with Crippen molar-refractivity contribution in [3.05, 3.63) is 81.4 Å². The highest BCUT2D eigenvalue weighted by Crippen LogP contribution is 2.37. The van der Waals surface area contributed by atoms with Gasteiger partial charge in [-0.25, -0.2) is 9.97 Å². The lowest BCUT2D eigenvalue weighted by atomic mass is 9.98. The Kier molecular flexibility index (Phi) is 8.30. The second kappa shape index (κ2) is 12.2. The van der Waals surface area contributed by atoms with Crippen LogP contribution in [0.2, 0.25) is 5.02 Å². The minimum absolute atomic E-state index is 0.277. The minimum Gasteiger partial charge on any atom is -0.392 e. The number of nitrogens with zero attached hydrogens (tertiary/aromatic N) is 5.